The number of anilines is 1. The molecule has 0 aliphatic rings. The average molecular weight is 299 g/mol. The summed E-state index contributed by atoms with van der Waals surface area (Å²) in [7, 11) is 0. The lowest BCUT2D eigenvalue weighted by Gasteiger charge is -2.11. The molecule has 4 heteroatoms. The van der Waals surface area contributed by atoms with Crippen LogP contribution < -0.4 is 10.5 Å². The van der Waals surface area contributed by atoms with E-state index in [1.165, 1.54) is 0 Å². The summed E-state index contributed by atoms with van der Waals surface area (Å²) in [6.07, 6.45) is 1.73. The Balaban J connectivity index is 1.90. The molecule has 2 N–H and O–H groups in total. The Morgan fingerprint density at radius 3 is 2.86 bits per heavy atom. The number of ether oxygens (including phenoxy) is 1. The molecule has 0 unspecified atom stereocenters. The Hall–Kier alpha value is -2.26. The van der Waals surface area contributed by atoms with Gasteiger partial charge in [-0.15, -0.1) is 0 Å². The zero-order valence-electron chi connectivity index (χ0n) is 11.6. The fraction of sp³-hybridized carbons (Fsp3) is 0.118. The monoisotopic (exact) mass is 298 g/mol. The molecule has 0 saturated heterocycles. The maximum absolute atomic E-state index is 6.22. The first-order valence-corrected chi connectivity index (χ1v) is 7.04. The van der Waals surface area contributed by atoms with Crippen LogP contribution in [0, 0.1) is 6.92 Å². The number of hydrogen-bond acceptors (Lipinski definition) is 3. The smallest absolute Gasteiger partial charge is 0.146 e. The third-order valence-corrected chi connectivity index (χ3v) is 3.71. The first-order chi connectivity index (χ1) is 10.1. The zero-order valence-corrected chi connectivity index (χ0v) is 12.4. The van der Waals surface area contributed by atoms with Crippen LogP contribution in [0.2, 0.25) is 5.02 Å². The van der Waals surface area contributed by atoms with Crippen LogP contribution in [0.5, 0.6) is 5.75 Å². The number of nitrogen functional groups attached to an aromatic ring is 1. The van der Waals surface area contributed by atoms with Crippen molar-refractivity contribution in [2.24, 2.45) is 0 Å². The maximum atomic E-state index is 6.22. The summed E-state index contributed by atoms with van der Waals surface area (Å²) >= 11 is 6.22. The van der Waals surface area contributed by atoms with E-state index in [4.69, 9.17) is 22.1 Å². The predicted molar refractivity (Wildman–Crippen MR) is 86.7 cm³/mol. The highest BCUT2D eigenvalue weighted by Gasteiger charge is 2.07. The zero-order chi connectivity index (χ0) is 14.8. The van der Waals surface area contributed by atoms with E-state index in [0.717, 1.165) is 22.0 Å². The quantitative estimate of drug-likeness (QED) is 0.731. The van der Waals surface area contributed by atoms with Crippen molar-refractivity contribution in [3.8, 4) is 5.75 Å². The maximum Gasteiger partial charge on any atom is 0.146 e. The van der Waals surface area contributed by atoms with Crippen molar-refractivity contribution in [3.63, 3.8) is 0 Å². The lowest BCUT2D eigenvalue weighted by Crippen LogP contribution is -1.99. The summed E-state index contributed by atoms with van der Waals surface area (Å²) in [6.45, 7) is 2.41. The minimum Gasteiger partial charge on any atom is -0.487 e. The highest BCUT2D eigenvalue weighted by atomic mass is 35.5. The van der Waals surface area contributed by atoms with Crippen molar-refractivity contribution in [1.82, 2.24) is 4.98 Å². The van der Waals surface area contributed by atoms with Gasteiger partial charge in [-0.25, -0.2) is 0 Å². The van der Waals surface area contributed by atoms with Gasteiger partial charge in [0.1, 0.15) is 17.9 Å². The standard InChI is InChI=1S/C17H15ClN2O/c1-11-4-5-12(14(18)9-11)10-21-16-7-6-15(19)13-3-2-8-20-17(13)16/h2-9H,10,19H2,1H3. The molecule has 0 saturated carbocycles. The number of hydrogen-bond donors (Lipinski definition) is 1. The number of halogens is 1. The molecular weight excluding hydrogens is 284 g/mol. The SMILES string of the molecule is Cc1ccc(COc2ccc(N)c3cccnc23)c(Cl)c1. The van der Waals surface area contributed by atoms with Gasteiger partial charge in [0.25, 0.3) is 0 Å². The number of fused-ring (bicyclic) bond motifs is 1. The number of nitrogens with two attached hydrogens (primary N) is 1. The van der Waals surface area contributed by atoms with Crippen LogP contribution in [-0.2, 0) is 6.61 Å². The van der Waals surface area contributed by atoms with Crippen molar-refractivity contribution >= 4 is 28.2 Å². The molecule has 0 radical (unpaired) electrons. The summed E-state index contributed by atoms with van der Waals surface area (Å²) in [5.41, 5.74) is 9.49. The van der Waals surface area contributed by atoms with Gasteiger partial charge in [0.05, 0.1) is 0 Å². The summed E-state index contributed by atoms with van der Waals surface area (Å²) in [5, 5.41) is 1.60. The molecule has 2 aromatic carbocycles. The molecule has 1 heterocycles. The van der Waals surface area contributed by atoms with Gasteiger partial charge in [0, 0.05) is 27.9 Å². The van der Waals surface area contributed by atoms with Crippen molar-refractivity contribution in [2.75, 3.05) is 5.73 Å². The van der Waals surface area contributed by atoms with Crippen LogP contribution in [0.25, 0.3) is 10.9 Å². The number of aromatic nitrogens is 1. The fourth-order valence-electron chi connectivity index (χ4n) is 2.21. The first-order valence-electron chi connectivity index (χ1n) is 6.66. The highest BCUT2D eigenvalue weighted by molar-refractivity contribution is 6.31. The molecule has 3 rings (SSSR count). The Labute approximate surface area is 128 Å². The average Bonchev–Trinajstić information content (AvgIpc) is 2.48. The molecule has 3 nitrogen and oxygen atoms in total. The Morgan fingerprint density at radius 1 is 1.19 bits per heavy atom. The Kier molecular flexibility index (Phi) is 3.67. The first kappa shape index (κ1) is 13.7. The topological polar surface area (TPSA) is 48.1 Å². The van der Waals surface area contributed by atoms with Gasteiger partial charge in [-0.1, -0.05) is 23.7 Å². The van der Waals surface area contributed by atoms with E-state index in [0.29, 0.717) is 23.1 Å². The molecule has 0 spiro atoms. The molecule has 1 aromatic heterocycles. The number of aryl methyl sites for hydroxylation is 1. The van der Waals surface area contributed by atoms with Gasteiger partial charge in [0.15, 0.2) is 0 Å². The second kappa shape index (κ2) is 5.62. The van der Waals surface area contributed by atoms with E-state index >= 15 is 0 Å². The summed E-state index contributed by atoms with van der Waals surface area (Å²) < 4.78 is 5.88. The lowest BCUT2D eigenvalue weighted by molar-refractivity contribution is 0.309. The van der Waals surface area contributed by atoms with Crippen LogP contribution in [0.15, 0.2) is 48.7 Å². The molecule has 3 aromatic rings. The van der Waals surface area contributed by atoms with Crippen LogP contribution in [0.4, 0.5) is 5.69 Å². The Bertz CT molecular complexity index is 802. The van der Waals surface area contributed by atoms with E-state index < -0.39 is 0 Å². The number of rotatable bonds is 3. The van der Waals surface area contributed by atoms with Gasteiger partial charge in [-0.2, -0.15) is 0 Å². The summed E-state index contributed by atoms with van der Waals surface area (Å²) in [4.78, 5) is 4.35. The molecule has 0 amide bonds. The van der Waals surface area contributed by atoms with Gasteiger partial charge in [-0.3, -0.25) is 4.98 Å². The largest absolute Gasteiger partial charge is 0.487 e. The number of benzene rings is 2. The molecule has 106 valence electrons. The molecule has 0 bridgehead atoms. The van der Waals surface area contributed by atoms with E-state index in [9.17, 15) is 0 Å². The minimum atomic E-state index is 0.398. The van der Waals surface area contributed by atoms with Crippen molar-refractivity contribution < 1.29 is 4.74 Å². The number of pyridine rings is 1. The van der Waals surface area contributed by atoms with Gasteiger partial charge >= 0.3 is 0 Å². The van der Waals surface area contributed by atoms with Gasteiger partial charge < -0.3 is 10.5 Å². The van der Waals surface area contributed by atoms with Crippen LogP contribution in [-0.4, -0.2) is 4.98 Å². The van der Waals surface area contributed by atoms with Crippen molar-refractivity contribution in [1.29, 1.82) is 0 Å². The molecule has 0 aliphatic heterocycles. The van der Waals surface area contributed by atoms with E-state index in [2.05, 4.69) is 4.98 Å². The third-order valence-electron chi connectivity index (χ3n) is 3.36. The lowest BCUT2D eigenvalue weighted by atomic mass is 10.1. The molecule has 0 fully saturated rings. The third kappa shape index (κ3) is 2.78. The predicted octanol–water partition coefficient (Wildman–Crippen LogP) is 4.36. The fourth-order valence-corrected chi connectivity index (χ4v) is 2.50. The molecule has 21 heavy (non-hydrogen) atoms. The van der Waals surface area contributed by atoms with Crippen molar-refractivity contribution in [2.45, 2.75) is 13.5 Å². The highest BCUT2D eigenvalue weighted by Crippen LogP contribution is 2.29. The van der Waals surface area contributed by atoms with Gasteiger partial charge in [0.2, 0.25) is 0 Å². The molecular formula is C17H15ClN2O. The van der Waals surface area contributed by atoms with Crippen LogP contribution in [0.3, 0.4) is 0 Å². The van der Waals surface area contributed by atoms with Crippen molar-refractivity contribution in [3.05, 3.63) is 64.8 Å². The van der Waals surface area contributed by atoms with E-state index in [1.54, 1.807) is 6.20 Å². The van der Waals surface area contributed by atoms with Crippen LogP contribution in [0.1, 0.15) is 11.1 Å². The Morgan fingerprint density at radius 2 is 2.05 bits per heavy atom. The van der Waals surface area contributed by atoms with Crippen LogP contribution >= 0.6 is 11.6 Å². The second-order valence-corrected chi connectivity index (χ2v) is 5.34. The number of nitrogens with zero attached hydrogens (tertiary/aromatic N) is 1. The van der Waals surface area contributed by atoms with E-state index in [1.807, 2.05) is 49.4 Å². The second-order valence-electron chi connectivity index (χ2n) is 4.94. The summed E-state index contributed by atoms with van der Waals surface area (Å²) in [6, 6.07) is 13.4. The summed E-state index contributed by atoms with van der Waals surface area (Å²) in [5.74, 6) is 0.705. The molecule has 0 atom stereocenters. The molecule has 0 aliphatic carbocycles. The minimum absolute atomic E-state index is 0.398. The van der Waals surface area contributed by atoms with Gasteiger partial charge in [-0.05, 0) is 42.8 Å². The normalized spacial score (nSPS) is 10.8. The van der Waals surface area contributed by atoms with E-state index in [-0.39, 0.29) is 0 Å².